The van der Waals surface area contributed by atoms with E-state index in [1.165, 1.54) is 6.07 Å². The molecular formula is C18H15F3N4OS. The Morgan fingerprint density at radius 3 is 2.63 bits per heavy atom. The molecule has 0 fully saturated rings. The zero-order valence-corrected chi connectivity index (χ0v) is 14.8. The fourth-order valence-electron chi connectivity index (χ4n) is 2.31. The number of anilines is 1. The van der Waals surface area contributed by atoms with Gasteiger partial charge in [0.2, 0.25) is 5.91 Å². The number of halogens is 3. The first-order valence-corrected chi connectivity index (χ1v) is 8.91. The lowest BCUT2D eigenvalue weighted by molar-refractivity contribution is -0.137. The SMILES string of the molecule is O=C(CSc1ccc(C(F)(F)F)cn1)Nc1ccccc1Cn1cccn1. The van der Waals surface area contributed by atoms with Gasteiger partial charge in [-0.25, -0.2) is 4.98 Å². The molecule has 3 rings (SSSR count). The van der Waals surface area contributed by atoms with E-state index in [4.69, 9.17) is 0 Å². The zero-order chi connectivity index (χ0) is 19.3. The first-order chi connectivity index (χ1) is 12.9. The fraction of sp³-hybridized carbons (Fsp3) is 0.167. The Hall–Kier alpha value is -2.81. The lowest BCUT2D eigenvalue weighted by Gasteiger charge is -2.11. The summed E-state index contributed by atoms with van der Waals surface area (Å²) >= 11 is 1.07. The van der Waals surface area contributed by atoms with E-state index >= 15 is 0 Å². The average molecular weight is 392 g/mol. The summed E-state index contributed by atoms with van der Waals surface area (Å²) < 4.78 is 39.3. The molecule has 0 bridgehead atoms. The topological polar surface area (TPSA) is 59.8 Å². The maximum atomic E-state index is 12.5. The van der Waals surface area contributed by atoms with Crippen molar-refractivity contribution in [3.05, 3.63) is 72.2 Å². The Bertz CT molecular complexity index is 896. The summed E-state index contributed by atoms with van der Waals surface area (Å²) in [6, 6.07) is 11.4. The van der Waals surface area contributed by atoms with Crippen molar-refractivity contribution in [3.63, 3.8) is 0 Å². The highest BCUT2D eigenvalue weighted by molar-refractivity contribution is 7.99. The highest BCUT2D eigenvalue weighted by Crippen LogP contribution is 2.29. The summed E-state index contributed by atoms with van der Waals surface area (Å²) in [5.41, 5.74) is 0.745. The second-order valence-corrected chi connectivity index (χ2v) is 6.58. The van der Waals surface area contributed by atoms with Crippen LogP contribution in [0.2, 0.25) is 0 Å². The van der Waals surface area contributed by atoms with Crippen molar-refractivity contribution in [1.82, 2.24) is 14.8 Å². The van der Waals surface area contributed by atoms with E-state index < -0.39 is 11.7 Å². The number of pyridine rings is 1. The van der Waals surface area contributed by atoms with Crippen LogP contribution < -0.4 is 5.32 Å². The Balaban J connectivity index is 1.58. The molecule has 2 aromatic heterocycles. The monoisotopic (exact) mass is 392 g/mol. The van der Waals surface area contributed by atoms with E-state index in [0.717, 1.165) is 29.6 Å². The molecule has 0 spiro atoms. The van der Waals surface area contributed by atoms with Crippen LogP contribution in [0.5, 0.6) is 0 Å². The van der Waals surface area contributed by atoms with Crippen molar-refractivity contribution in [2.24, 2.45) is 0 Å². The molecule has 0 radical (unpaired) electrons. The number of nitrogens with one attached hydrogen (secondary N) is 1. The molecule has 1 aromatic carbocycles. The summed E-state index contributed by atoms with van der Waals surface area (Å²) in [4.78, 5) is 15.9. The molecule has 9 heteroatoms. The van der Waals surface area contributed by atoms with Crippen LogP contribution in [-0.4, -0.2) is 26.4 Å². The van der Waals surface area contributed by atoms with Gasteiger partial charge in [-0.1, -0.05) is 30.0 Å². The minimum atomic E-state index is -4.42. The molecule has 0 aliphatic heterocycles. The van der Waals surface area contributed by atoms with Crippen LogP contribution in [0.1, 0.15) is 11.1 Å². The number of para-hydroxylation sites is 1. The van der Waals surface area contributed by atoms with Gasteiger partial charge in [0, 0.05) is 24.3 Å². The maximum absolute atomic E-state index is 12.5. The van der Waals surface area contributed by atoms with E-state index in [2.05, 4.69) is 15.4 Å². The molecule has 3 aromatic rings. The number of thioether (sulfide) groups is 1. The first kappa shape index (κ1) is 19.0. The molecule has 0 unspecified atom stereocenters. The average Bonchev–Trinajstić information content (AvgIpc) is 3.14. The Morgan fingerprint density at radius 2 is 1.96 bits per heavy atom. The van der Waals surface area contributed by atoms with E-state index in [1.54, 1.807) is 16.9 Å². The van der Waals surface area contributed by atoms with Crippen molar-refractivity contribution in [1.29, 1.82) is 0 Å². The Morgan fingerprint density at radius 1 is 1.15 bits per heavy atom. The van der Waals surface area contributed by atoms with Gasteiger partial charge in [0.1, 0.15) is 0 Å². The molecule has 0 saturated carbocycles. The van der Waals surface area contributed by atoms with Crippen molar-refractivity contribution < 1.29 is 18.0 Å². The van der Waals surface area contributed by atoms with Gasteiger partial charge in [0.15, 0.2) is 0 Å². The highest BCUT2D eigenvalue weighted by Gasteiger charge is 2.30. The second kappa shape index (κ2) is 8.26. The van der Waals surface area contributed by atoms with Gasteiger partial charge in [-0.2, -0.15) is 18.3 Å². The molecule has 1 amide bonds. The molecule has 0 atom stereocenters. The summed E-state index contributed by atoms with van der Waals surface area (Å²) in [5.74, 6) is -0.233. The molecule has 0 aliphatic rings. The van der Waals surface area contributed by atoms with Crippen molar-refractivity contribution in [2.75, 3.05) is 11.1 Å². The number of rotatable bonds is 6. The van der Waals surface area contributed by atoms with Crippen LogP contribution in [-0.2, 0) is 17.5 Å². The number of carbonyl (C=O) groups excluding carboxylic acids is 1. The number of amides is 1. The van der Waals surface area contributed by atoms with Crippen LogP contribution >= 0.6 is 11.8 Å². The Labute approximate surface area is 157 Å². The number of alkyl halides is 3. The number of carbonyl (C=O) groups is 1. The molecule has 5 nitrogen and oxygen atoms in total. The molecule has 0 aliphatic carbocycles. The van der Waals surface area contributed by atoms with Crippen molar-refractivity contribution in [2.45, 2.75) is 17.7 Å². The minimum absolute atomic E-state index is 0.0362. The molecule has 0 saturated heterocycles. The van der Waals surface area contributed by atoms with E-state index in [0.29, 0.717) is 17.3 Å². The Kier molecular flexibility index (Phi) is 5.80. The van der Waals surface area contributed by atoms with Gasteiger partial charge < -0.3 is 5.32 Å². The zero-order valence-electron chi connectivity index (χ0n) is 14.0. The lowest BCUT2D eigenvalue weighted by Crippen LogP contribution is -2.16. The first-order valence-electron chi connectivity index (χ1n) is 7.93. The minimum Gasteiger partial charge on any atom is -0.325 e. The second-order valence-electron chi connectivity index (χ2n) is 5.58. The highest BCUT2D eigenvalue weighted by atomic mass is 32.2. The number of nitrogens with zero attached hydrogens (tertiary/aromatic N) is 3. The number of benzene rings is 1. The molecule has 1 N–H and O–H groups in total. The van der Waals surface area contributed by atoms with Gasteiger partial charge >= 0.3 is 6.18 Å². The lowest BCUT2D eigenvalue weighted by atomic mass is 10.2. The van der Waals surface area contributed by atoms with Gasteiger partial charge in [0.25, 0.3) is 0 Å². The van der Waals surface area contributed by atoms with Crippen LogP contribution in [0.3, 0.4) is 0 Å². The van der Waals surface area contributed by atoms with Crippen molar-refractivity contribution >= 4 is 23.4 Å². The van der Waals surface area contributed by atoms with Gasteiger partial charge in [-0.05, 0) is 29.8 Å². The largest absolute Gasteiger partial charge is 0.417 e. The van der Waals surface area contributed by atoms with Crippen molar-refractivity contribution in [3.8, 4) is 0 Å². The van der Waals surface area contributed by atoms with Gasteiger partial charge in [-0.3, -0.25) is 9.48 Å². The predicted molar refractivity (Wildman–Crippen MR) is 96.4 cm³/mol. The van der Waals surface area contributed by atoms with Gasteiger partial charge in [0.05, 0.1) is 22.9 Å². The predicted octanol–water partition coefficient (Wildman–Crippen LogP) is 4.08. The molecule has 27 heavy (non-hydrogen) atoms. The maximum Gasteiger partial charge on any atom is 0.417 e. The summed E-state index contributed by atoms with van der Waals surface area (Å²) in [6.07, 6.45) is -0.162. The smallest absolute Gasteiger partial charge is 0.325 e. The third kappa shape index (κ3) is 5.33. The van der Waals surface area contributed by atoms with E-state index in [9.17, 15) is 18.0 Å². The summed E-state index contributed by atoms with van der Waals surface area (Å²) in [7, 11) is 0. The van der Waals surface area contributed by atoms with Crippen LogP contribution in [0, 0.1) is 0 Å². The molecular weight excluding hydrogens is 377 g/mol. The number of hydrogen-bond acceptors (Lipinski definition) is 4. The third-order valence-corrected chi connectivity index (χ3v) is 4.54. The number of aromatic nitrogens is 3. The summed E-state index contributed by atoms with van der Waals surface area (Å²) in [6.45, 7) is 0.511. The van der Waals surface area contributed by atoms with Crippen LogP contribution in [0.25, 0.3) is 0 Å². The molecule has 140 valence electrons. The van der Waals surface area contributed by atoms with Gasteiger partial charge in [-0.15, -0.1) is 0 Å². The van der Waals surface area contributed by atoms with Crippen LogP contribution in [0.15, 0.2) is 66.1 Å². The van der Waals surface area contributed by atoms with Crippen LogP contribution in [0.4, 0.5) is 18.9 Å². The molecule has 2 heterocycles. The fourth-order valence-corrected chi connectivity index (χ4v) is 2.95. The number of hydrogen-bond donors (Lipinski definition) is 1. The normalized spacial score (nSPS) is 11.4. The van der Waals surface area contributed by atoms with E-state index in [-0.39, 0.29) is 11.7 Å². The van der Waals surface area contributed by atoms with E-state index in [1.807, 2.05) is 30.5 Å². The summed E-state index contributed by atoms with van der Waals surface area (Å²) in [5, 5.41) is 7.31. The standard InChI is InChI=1S/C18H15F3N4OS/c19-18(20,21)14-6-7-17(22-10-14)27-12-16(26)24-15-5-2-1-4-13(15)11-25-9-3-8-23-25/h1-10H,11-12H2,(H,24,26). The third-order valence-electron chi connectivity index (χ3n) is 3.60. The quantitative estimate of drug-likeness (QED) is 0.643.